The zero-order valence-corrected chi connectivity index (χ0v) is 14.6. The Labute approximate surface area is 147 Å². The Morgan fingerprint density at radius 2 is 2.00 bits per heavy atom. The van der Waals surface area contributed by atoms with Crippen molar-refractivity contribution in [3.05, 3.63) is 59.9 Å². The molecule has 0 aliphatic heterocycles. The predicted molar refractivity (Wildman–Crippen MR) is 98.0 cm³/mol. The van der Waals surface area contributed by atoms with Gasteiger partial charge in [0.1, 0.15) is 0 Å². The zero-order valence-electron chi connectivity index (χ0n) is 14.6. The Balaban J connectivity index is 2.00. The van der Waals surface area contributed by atoms with Crippen molar-refractivity contribution in [3.63, 3.8) is 0 Å². The van der Waals surface area contributed by atoms with Gasteiger partial charge in [-0.15, -0.1) is 0 Å². The first kappa shape index (κ1) is 18.6. The molecule has 6 nitrogen and oxygen atoms in total. The van der Waals surface area contributed by atoms with Gasteiger partial charge in [0.25, 0.3) is 5.91 Å². The lowest BCUT2D eigenvalue weighted by molar-refractivity contribution is -0.120. The standard InChI is InChI=1S/C19H24N4O2/c1-3-10-19(2,20)18(25)23-15-9-6-7-14(12-15)17(24)22-13-16-8-4-5-11-21-16/h4-9,11-12H,3,10,13,20H2,1-2H3,(H,22,24)(H,23,25). The number of pyridine rings is 1. The number of carbonyl (C=O) groups is 2. The molecule has 0 aliphatic rings. The highest BCUT2D eigenvalue weighted by Crippen LogP contribution is 2.15. The minimum absolute atomic E-state index is 0.231. The van der Waals surface area contributed by atoms with E-state index < -0.39 is 5.54 Å². The normalized spacial score (nSPS) is 12.9. The average molecular weight is 340 g/mol. The van der Waals surface area contributed by atoms with Crippen LogP contribution in [-0.2, 0) is 11.3 Å². The fraction of sp³-hybridized carbons (Fsp3) is 0.316. The lowest BCUT2D eigenvalue weighted by Crippen LogP contribution is -2.48. The van der Waals surface area contributed by atoms with Crippen LogP contribution in [0.5, 0.6) is 0 Å². The van der Waals surface area contributed by atoms with E-state index in [1.54, 1.807) is 37.4 Å². The third-order valence-electron chi connectivity index (χ3n) is 3.83. The summed E-state index contributed by atoms with van der Waals surface area (Å²) in [5.41, 5.74) is 6.87. The summed E-state index contributed by atoms with van der Waals surface area (Å²) in [5.74, 6) is -0.494. The number of rotatable bonds is 7. The van der Waals surface area contributed by atoms with Crippen LogP contribution in [0, 0.1) is 0 Å². The molecule has 2 rings (SSSR count). The number of anilines is 1. The summed E-state index contributed by atoms with van der Waals surface area (Å²) in [4.78, 5) is 28.7. The van der Waals surface area contributed by atoms with Crippen LogP contribution in [0.4, 0.5) is 5.69 Å². The SMILES string of the molecule is CCCC(C)(N)C(=O)Nc1cccc(C(=O)NCc2ccccn2)c1. The number of nitrogens with one attached hydrogen (secondary N) is 2. The van der Waals surface area contributed by atoms with Crippen molar-refractivity contribution in [3.8, 4) is 0 Å². The molecule has 2 aromatic rings. The second kappa shape index (κ2) is 8.39. The Kier molecular flexibility index (Phi) is 6.25. The second-order valence-electron chi connectivity index (χ2n) is 6.21. The van der Waals surface area contributed by atoms with Crippen molar-refractivity contribution in [2.24, 2.45) is 5.73 Å². The van der Waals surface area contributed by atoms with Gasteiger partial charge in [-0.1, -0.05) is 25.5 Å². The average Bonchev–Trinajstić information content (AvgIpc) is 2.60. The second-order valence-corrected chi connectivity index (χ2v) is 6.21. The Bertz CT molecular complexity index is 729. The van der Waals surface area contributed by atoms with Gasteiger partial charge in [-0.25, -0.2) is 0 Å². The van der Waals surface area contributed by atoms with Crippen LogP contribution in [0.3, 0.4) is 0 Å². The van der Waals surface area contributed by atoms with Crippen molar-refractivity contribution in [2.75, 3.05) is 5.32 Å². The van der Waals surface area contributed by atoms with Gasteiger partial charge in [-0.2, -0.15) is 0 Å². The number of nitrogens with two attached hydrogens (primary N) is 1. The van der Waals surface area contributed by atoms with Gasteiger partial charge in [-0.3, -0.25) is 14.6 Å². The first-order valence-corrected chi connectivity index (χ1v) is 8.31. The molecule has 1 heterocycles. The summed E-state index contributed by atoms with van der Waals surface area (Å²) in [6.07, 6.45) is 3.08. The van der Waals surface area contributed by atoms with E-state index >= 15 is 0 Å². The maximum atomic E-state index is 12.3. The molecule has 0 bridgehead atoms. The van der Waals surface area contributed by atoms with Crippen LogP contribution < -0.4 is 16.4 Å². The van der Waals surface area contributed by atoms with E-state index in [0.717, 1.165) is 12.1 Å². The molecule has 25 heavy (non-hydrogen) atoms. The topological polar surface area (TPSA) is 97.1 Å². The van der Waals surface area contributed by atoms with Crippen molar-refractivity contribution >= 4 is 17.5 Å². The molecule has 2 amide bonds. The van der Waals surface area contributed by atoms with Gasteiger partial charge < -0.3 is 16.4 Å². The van der Waals surface area contributed by atoms with Crippen LogP contribution in [-0.4, -0.2) is 22.3 Å². The molecule has 1 aromatic heterocycles. The molecule has 0 aliphatic carbocycles. The Hall–Kier alpha value is -2.73. The first-order valence-electron chi connectivity index (χ1n) is 8.31. The van der Waals surface area contributed by atoms with Crippen LogP contribution in [0.2, 0.25) is 0 Å². The predicted octanol–water partition coefficient (Wildman–Crippen LogP) is 2.47. The molecule has 0 fully saturated rings. The summed E-state index contributed by atoms with van der Waals surface area (Å²) in [5, 5.41) is 5.59. The van der Waals surface area contributed by atoms with Crippen LogP contribution in [0.1, 0.15) is 42.7 Å². The van der Waals surface area contributed by atoms with Crippen LogP contribution >= 0.6 is 0 Å². The van der Waals surface area contributed by atoms with Crippen LogP contribution in [0.25, 0.3) is 0 Å². The van der Waals surface area contributed by atoms with Crippen molar-refractivity contribution in [1.82, 2.24) is 10.3 Å². The maximum Gasteiger partial charge on any atom is 0.251 e. The molecule has 4 N–H and O–H groups in total. The molecule has 6 heteroatoms. The number of nitrogens with zero attached hydrogens (tertiary/aromatic N) is 1. The fourth-order valence-corrected chi connectivity index (χ4v) is 2.42. The van der Waals surface area contributed by atoms with Gasteiger partial charge in [0.05, 0.1) is 17.8 Å². The van der Waals surface area contributed by atoms with Crippen molar-refractivity contribution in [2.45, 2.75) is 38.8 Å². The molecule has 1 aromatic carbocycles. The van der Waals surface area contributed by atoms with E-state index in [2.05, 4.69) is 15.6 Å². The number of hydrogen-bond donors (Lipinski definition) is 3. The van der Waals surface area contributed by atoms with Crippen molar-refractivity contribution in [1.29, 1.82) is 0 Å². The largest absolute Gasteiger partial charge is 0.346 e. The first-order chi connectivity index (χ1) is 11.9. The summed E-state index contributed by atoms with van der Waals surface area (Å²) >= 11 is 0. The lowest BCUT2D eigenvalue weighted by atomic mass is 9.96. The zero-order chi connectivity index (χ0) is 18.3. The minimum atomic E-state index is -0.938. The summed E-state index contributed by atoms with van der Waals surface area (Å²) in [7, 11) is 0. The highest BCUT2D eigenvalue weighted by atomic mass is 16.2. The van der Waals surface area contributed by atoms with Crippen LogP contribution in [0.15, 0.2) is 48.7 Å². The van der Waals surface area contributed by atoms with E-state index in [0.29, 0.717) is 24.2 Å². The Morgan fingerprint density at radius 3 is 2.68 bits per heavy atom. The number of benzene rings is 1. The molecule has 1 atom stereocenters. The lowest BCUT2D eigenvalue weighted by Gasteiger charge is -2.23. The van der Waals surface area contributed by atoms with E-state index in [-0.39, 0.29) is 11.8 Å². The van der Waals surface area contributed by atoms with Gasteiger partial charge in [-0.05, 0) is 43.7 Å². The molecule has 132 valence electrons. The number of aromatic nitrogens is 1. The molecular weight excluding hydrogens is 316 g/mol. The monoisotopic (exact) mass is 340 g/mol. The highest BCUT2D eigenvalue weighted by Gasteiger charge is 2.27. The Morgan fingerprint density at radius 1 is 1.20 bits per heavy atom. The third kappa shape index (κ3) is 5.39. The van der Waals surface area contributed by atoms with E-state index in [4.69, 9.17) is 5.73 Å². The number of carbonyl (C=O) groups excluding carboxylic acids is 2. The smallest absolute Gasteiger partial charge is 0.251 e. The molecule has 0 radical (unpaired) electrons. The number of hydrogen-bond acceptors (Lipinski definition) is 4. The van der Waals surface area contributed by atoms with Gasteiger partial charge in [0.2, 0.25) is 5.91 Å². The van der Waals surface area contributed by atoms with E-state index in [9.17, 15) is 9.59 Å². The third-order valence-corrected chi connectivity index (χ3v) is 3.83. The van der Waals surface area contributed by atoms with E-state index in [1.165, 1.54) is 0 Å². The molecule has 0 saturated heterocycles. The summed E-state index contributed by atoms with van der Waals surface area (Å²) in [6, 6.07) is 12.3. The van der Waals surface area contributed by atoms with Gasteiger partial charge in [0, 0.05) is 17.4 Å². The summed E-state index contributed by atoms with van der Waals surface area (Å²) in [6.45, 7) is 4.02. The quantitative estimate of drug-likeness (QED) is 0.721. The minimum Gasteiger partial charge on any atom is -0.346 e. The van der Waals surface area contributed by atoms with Gasteiger partial charge >= 0.3 is 0 Å². The molecule has 1 unspecified atom stereocenters. The highest BCUT2D eigenvalue weighted by molar-refractivity contribution is 6.00. The summed E-state index contributed by atoms with van der Waals surface area (Å²) < 4.78 is 0. The molecular formula is C19H24N4O2. The molecule has 0 saturated carbocycles. The number of amides is 2. The maximum absolute atomic E-state index is 12.3. The fourth-order valence-electron chi connectivity index (χ4n) is 2.42. The molecule has 0 spiro atoms. The van der Waals surface area contributed by atoms with Gasteiger partial charge in [0.15, 0.2) is 0 Å². The van der Waals surface area contributed by atoms with E-state index in [1.807, 2.05) is 25.1 Å². The van der Waals surface area contributed by atoms with Crippen molar-refractivity contribution < 1.29 is 9.59 Å².